The summed E-state index contributed by atoms with van der Waals surface area (Å²) in [6.45, 7) is 6.60. The molecule has 0 saturated heterocycles. The van der Waals surface area contributed by atoms with Crippen molar-refractivity contribution in [3.05, 3.63) is 11.8 Å². The van der Waals surface area contributed by atoms with E-state index in [-0.39, 0.29) is 0 Å². The summed E-state index contributed by atoms with van der Waals surface area (Å²) in [6, 6.07) is 0. The van der Waals surface area contributed by atoms with E-state index >= 15 is 0 Å². The van der Waals surface area contributed by atoms with E-state index in [1.165, 1.54) is 6.42 Å². The third-order valence-corrected chi connectivity index (χ3v) is 2.39. The van der Waals surface area contributed by atoms with Crippen LogP contribution in [0, 0.1) is 6.92 Å². The molecule has 17 heavy (non-hydrogen) atoms. The first-order valence-electron chi connectivity index (χ1n) is 6.14. The van der Waals surface area contributed by atoms with E-state index in [1.54, 1.807) is 6.20 Å². The van der Waals surface area contributed by atoms with Crippen molar-refractivity contribution < 1.29 is 4.74 Å². The number of nitrogens with zero attached hydrogens (tertiary/aromatic N) is 2. The molecule has 0 aromatic carbocycles. The first-order chi connectivity index (χ1) is 8.24. The van der Waals surface area contributed by atoms with E-state index in [1.807, 2.05) is 6.92 Å². The maximum absolute atomic E-state index is 5.53. The van der Waals surface area contributed by atoms with Gasteiger partial charge in [-0.1, -0.05) is 13.3 Å². The summed E-state index contributed by atoms with van der Waals surface area (Å²) >= 11 is 0. The lowest BCUT2D eigenvalue weighted by Gasteiger charge is -2.08. The highest BCUT2D eigenvalue weighted by atomic mass is 16.5. The Balaban J connectivity index is 2.15. The van der Waals surface area contributed by atoms with Crippen LogP contribution in [0.4, 0.5) is 11.8 Å². The number of nitrogens with two attached hydrogens (primary N) is 1. The number of anilines is 2. The molecule has 1 rings (SSSR count). The minimum Gasteiger partial charge on any atom is -0.381 e. The fraction of sp³-hybridized carbons (Fsp3) is 0.667. The molecule has 5 heteroatoms. The van der Waals surface area contributed by atoms with E-state index in [4.69, 9.17) is 10.5 Å². The van der Waals surface area contributed by atoms with Crippen LogP contribution in [-0.2, 0) is 4.74 Å². The summed E-state index contributed by atoms with van der Waals surface area (Å²) in [7, 11) is 0. The van der Waals surface area contributed by atoms with Crippen LogP contribution in [-0.4, -0.2) is 29.7 Å². The molecule has 0 saturated carbocycles. The maximum atomic E-state index is 5.53. The number of aryl methyl sites for hydroxylation is 1. The van der Waals surface area contributed by atoms with Crippen molar-refractivity contribution >= 4 is 11.8 Å². The average Bonchev–Trinajstić information content (AvgIpc) is 2.32. The van der Waals surface area contributed by atoms with Crippen molar-refractivity contribution in [1.29, 1.82) is 0 Å². The lowest BCUT2D eigenvalue weighted by Crippen LogP contribution is -2.10. The lowest BCUT2D eigenvalue weighted by molar-refractivity contribution is 0.131. The second-order valence-corrected chi connectivity index (χ2v) is 4.01. The molecule has 0 bridgehead atoms. The summed E-state index contributed by atoms with van der Waals surface area (Å²) in [6.07, 6.45) is 5.00. The highest BCUT2D eigenvalue weighted by molar-refractivity contribution is 5.44. The van der Waals surface area contributed by atoms with Crippen LogP contribution >= 0.6 is 0 Å². The highest BCUT2D eigenvalue weighted by Gasteiger charge is 2.00. The second kappa shape index (κ2) is 7.84. The number of rotatable bonds is 8. The Morgan fingerprint density at radius 2 is 2.12 bits per heavy atom. The standard InChI is InChI=1S/C12H22N4O/c1-3-4-7-17-8-5-6-14-11-10(2)9-15-12(13)16-11/h9H,3-8H2,1-2H3,(H3,13,14,15,16). The molecule has 5 nitrogen and oxygen atoms in total. The van der Waals surface area contributed by atoms with Gasteiger partial charge in [-0.15, -0.1) is 0 Å². The van der Waals surface area contributed by atoms with E-state index < -0.39 is 0 Å². The molecule has 1 aromatic heterocycles. The Bertz CT molecular complexity index is 330. The number of ether oxygens (including phenoxy) is 1. The zero-order chi connectivity index (χ0) is 12.5. The number of nitrogens with one attached hydrogen (secondary N) is 1. The van der Waals surface area contributed by atoms with Crippen LogP contribution in [0.3, 0.4) is 0 Å². The van der Waals surface area contributed by atoms with Gasteiger partial charge in [0.05, 0.1) is 0 Å². The molecule has 1 aromatic rings. The summed E-state index contributed by atoms with van der Waals surface area (Å²) in [4.78, 5) is 8.05. The molecule has 0 spiro atoms. The molecule has 0 aliphatic heterocycles. The van der Waals surface area contributed by atoms with E-state index in [0.29, 0.717) is 5.95 Å². The molecule has 0 aliphatic rings. The van der Waals surface area contributed by atoms with Gasteiger partial charge in [0.1, 0.15) is 5.82 Å². The number of hydrogen-bond donors (Lipinski definition) is 2. The van der Waals surface area contributed by atoms with Gasteiger partial charge in [-0.3, -0.25) is 0 Å². The first kappa shape index (κ1) is 13.7. The molecule has 96 valence electrons. The number of nitrogen functional groups attached to an aromatic ring is 1. The number of hydrogen-bond acceptors (Lipinski definition) is 5. The van der Waals surface area contributed by atoms with Crippen LogP contribution in [0.15, 0.2) is 6.20 Å². The van der Waals surface area contributed by atoms with E-state index in [9.17, 15) is 0 Å². The molecule has 3 N–H and O–H groups in total. The van der Waals surface area contributed by atoms with Crippen molar-refractivity contribution in [3.63, 3.8) is 0 Å². The predicted molar refractivity (Wildman–Crippen MR) is 70.0 cm³/mol. The van der Waals surface area contributed by atoms with Gasteiger partial charge in [0.25, 0.3) is 0 Å². The van der Waals surface area contributed by atoms with Gasteiger partial charge in [-0.25, -0.2) is 4.98 Å². The smallest absolute Gasteiger partial charge is 0.221 e. The minimum atomic E-state index is 0.303. The molecule has 0 fully saturated rings. The first-order valence-corrected chi connectivity index (χ1v) is 6.14. The van der Waals surface area contributed by atoms with Gasteiger partial charge in [0.2, 0.25) is 5.95 Å². The fourth-order valence-corrected chi connectivity index (χ4v) is 1.36. The molecule has 0 aliphatic carbocycles. The van der Waals surface area contributed by atoms with Crippen LogP contribution < -0.4 is 11.1 Å². The van der Waals surface area contributed by atoms with E-state index in [2.05, 4.69) is 22.2 Å². The predicted octanol–water partition coefficient (Wildman–Crippen LogP) is 1.99. The number of unbranched alkanes of at least 4 members (excludes halogenated alkanes) is 1. The van der Waals surface area contributed by atoms with Crippen molar-refractivity contribution in [2.45, 2.75) is 33.1 Å². The summed E-state index contributed by atoms with van der Waals surface area (Å²) < 4.78 is 5.47. The summed E-state index contributed by atoms with van der Waals surface area (Å²) in [5, 5.41) is 3.23. The SMILES string of the molecule is CCCCOCCCNc1nc(N)ncc1C. The lowest BCUT2D eigenvalue weighted by atomic mass is 10.3. The third-order valence-electron chi connectivity index (χ3n) is 2.39. The molecule has 0 atom stereocenters. The highest BCUT2D eigenvalue weighted by Crippen LogP contribution is 2.10. The van der Waals surface area contributed by atoms with Gasteiger partial charge in [-0.2, -0.15) is 4.98 Å². The quantitative estimate of drug-likeness (QED) is 0.677. The zero-order valence-electron chi connectivity index (χ0n) is 10.7. The van der Waals surface area contributed by atoms with Gasteiger partial charge in [-0.05, 0) is 19.8 Å². The zero-order valence-corrected chi connectivity index (χ0v) is 10.7. The maximum Gasteiger partial charge on any atom is 0.221 e. The molecule has 0 unspecified atom stereocenters. The van der Waals surface area contributed by atoms with Crippen molar-refractivity contribution in [3.8, 4) is 0 Å². The molecule has 0 amide bonds. The third kappa shape index (κ3) is 5.49. The van der Waals surface area contributed by atoms with Crippen LogP contribution in [0.25, 0.3) is 0 Å². The molecule has 0 radical (unpaired) electrons. The number of aromatic nitrogens is 2. The normalized spacial score (nSPS) is 10.5. The second-order valence-electron chi connectivity index (χ2n) is 4.01. The Labute approximate surface area is 103 Å². The molecule has 1 heterocycles. The van der Waals surface area contributed by atoms with Crippen molar-refractivity contribution in [1.82, 2.24) is 9.97 Å². The molecular formula is C12H22N4O. The minimum absolute atomic E-state index is 0.303. The molecular weight excluding hydrogens is 216 g/mol. The monoisotopic (exact) mass is 238 g/mol. The van der Waals surface area contributed by atoms with Crippen molar-refractivity contribution in [2.24, 2.45) is 0 Å². The van der Waals surface area contributed by atoms with Crippen molar-refractivity contribution in [2.75, 3.05) is 30.8 Å². The average molecular weight is 238 g/mol. The Kier molecular flexibility index (Phi) is 6.32. The van der Waals surface area contributed by atoms with Gasteiger partial charge >= 0.3 is 0 Å². The Morgan fingerprint density at radius 3 is 2.88 bits per heavy atom. The topological polar surface area (TPSA) is 73.1 Å². The van der Waals surface area contributed by atoms with Crippen LogP contribution in [0.2, 0.25) is 0 Å². The van der Waals surface area contributed by atoms with Crippen LogP contribution in [0.5, 0.6) is 0 Å². The fourth-order valence-electron chi connectivity index (χ4n) is 1.36. The van der Waals surface area contributed by atoms with Gasteiger partial charge < -0.3 is 15.8 Å². The van der Waals surface area contributed by atoms with Gasteiger partial charge in [0.15, 0.2) is 0 Å². The summed E-state index contributed by atoms with van der Waals surface area (Å²) in [5.74, 6) is 1.11. The Hall–Kier alpha value is -1.36. The largest absolute Gasteiger partial charge is 0.381 e. The van der Waals surface area contributed by atoms with Gasteiger partial charge in [0, 0.05) is 31.5 Å². The summed E-state index contributed by atoms with van der Waals surface area (Å²) in [5.41, 5.74) is 6.53. The Morgan fingerprint density at radius 1 is 1.35 bits per heavy atom. The van der Waals surface area contributed by atoms with Crippen LogP contribution in [0.1, 0.15) is 31.7 Å². The van der Waals surface area contributed by atoms with E-state index in [0.717, 1.165) is 44.0 Å².